The quantitative estimate of drug-likeness (QED) is 0.840. The topological polar surface area (TPSA) is 21.3 Å². The maximum absolute atomic E-state index is 5.49. The number of hydrogen-bond donors (Lipinski definition) is 1. The Hall–Kier alpha value is 0.620. The third kappa shape index (κ3) is 4.83. The molecule has 2 rings (SSSR count). The van der Waals surface area contributed by atoms with Crippen molar-refractivity contribution in [3.8, 4) is 0 Å². The van der Waals surface area contributed by atoms with E-state index in [4.69, 9.17) is 4.74 Å². The molecule has 2 aliphatic rings. The Morgan fingerprint density at radius 2 is 1.95 bits per heavy atom. The van der Waals surface area contributed by atoms with Gasteiger partial charge in [-0.2, -0.15) is 23.5 Å². The molecule has 0 spiro atoms. The number of hydrogen-bond acceptors (Lipinski definition) is 4. The number of nitrogens with one attached hydrogen (secondary N) is 1. The summed E-state index contributed by atoms with van der Waals surface area (Å²) in [6, 6.07) is 0.695. The normalized spacial score (nSPS) is 35.2. The van der Waals surface area contributed by atoms with Gasteiger partial charge in [-0.3, -0.25) is 0 Å². The second-order valence-corrected chi connectivity index (χ2v) is 8.91. The molecule has 0 bridgehead atoms. The van der Waals surface area contributed by atoms with Gasteiger partial charge in [-0.1, -0.05) is 20.8 Å². The van der Waals surface area contributed by atoms with Gasteiger partial charge in [0.1, 0.15) is 0 Å². The minimum absolute atomic E-state index is 0.695. The molecule has 2 saturated heterocycles. The molecule has 0 aliphatic carbocycles. The molecule has 19 heavy (non-hydrogen) atoms. The largest absolute Gasteiger partial charge is 0.381 e. The zero-order valence-corrected chi connectivity index (χ0v) is 14.2. The lowest BCUT2D eigenvalue weighted by Crippen LogP contribution is -2.44. The van der Waals surface area contributed by atoms with E-state index in [9.17, 15) is 0 Å². The van der Waals surface area contributed by atoms with Gasteiger partial charge in [0.2, 0.25) is 0 Å². The van der Waals surface area contributed by atoms with E-state index in [1.165, 1.54) is 25.0 Å². The smallest absolute Gasteiger partial charge is 0.0468 e. The summed E-state index contributed by atoms with van der Waals surface area (Å²) in [6.07, 6.45) is 3.87. The Balaban J connectivity index is 1.87. The molecule has 0 amide bonds. The number of ether oxygens (including phenoxy) is 1. The fourth-order valence-corrected chi connectivity index (χ4v) is 6.13. The van der Waals surface area contributed by atoms with E-state index in [-0.39, 0.29) is 0 Å². The standard InChI is InChI=1S/C15H29NOS2/c1-4-16-14(9-13-5-7-17-8-6-13)15-10-18-11(2)12(3)19-15/h11-16H,4-10H2,1-3H3. The molecule has 0 aromatic heterocycles. The Morgan fingerprint density at radius 3 is 2.58 bits per heavy atom. The molecule has 2 heterocycles. The lowest BCUT2D eigenvalue weighted by molar-refractivity contribution is 0.0607. The van der Waals surface area contributed by atoms with Crippen molar-refractivity contribution < 1.29 is 4.74 Å². The van der Waals surface area contributed by atoms with Gasteiger partial charge in [-0.05, 0) is 31.7 Å². The second kappa shape index (κ2) is 8.16. The molecule has 112 valence electrons. The molecule has 4 atom stereocenters. The van der Waals surface area contributed by atoms with Gasteiger partial charge >= 0.3 is 0 Å². The van der Waals surface area contributed by atoms with Crippen LogP contribution < -0.4 is 5.32 Å². The zero-order valence-electron chi connectivity index (χ0n) is 12.6. The summed E-state index contributed by atoms with van der Waals surface area (Å²) in [5.74, 6) is 2.19. The van der Waals surface area contributed by atoms with Crippen molar-refractivity contribution in [3.63, 3.8) is 0 Å². The van der Waals surface area contributed by atoms with E-state index < -0.39 is 0 Å². The average Bonchev–Trinajstić information content (AvgIpc) is 2.43. The van der Waals surface area contributed by atoms with Crippen LogP contribution in [-0.2, 0) is 4.74 Å². The van der Waals surface area contributed by atoms with Crippen molar-refractivity contribution in [2.45, 2.75) is 61.8 Å². The van der Waals surface area contributed by atoms with Crippen LogP contribution in [-0.4, -0.2) is 47.3 Å². The van der Waals surface area contributed by atoms with Crippen LogP contribution in [0.3, 0.4) is 0 Å². The SMILES string of the molecule is CCNC(CC1CCOCC1)C1CSC(C)C(C)S1. The van der Waals surface area contributed by atoms with Gasteiger partial charge in [-0.15, -0.1) is 0 Å². The minimum atomic E-state index is 0.695. The Labute approximate surface area is 127 Å². The summed E-state index contributed by atoms with van der Waals surface area (Å²) in [5, 5.41) is 6.15. The summed E-state index contributed by atoms with van der Waals surface area (Å²) < 4.78 is 5.49. The van der Waals surface area contributed by atoms with Crippen LogP contribution in [0.4, 0.5) is 0 Å². The molecule has 2 aliphatic heterocycles. The Morgan fingerprint density at radius 1 is 1.21 bits per heavy atom. The zero-order chi connectivity index (χ0) is 13.7. The molecular weight excluding hydrogens is 274 g/mol. The van der Waals surface area contributed by atoms with E-state index in [0.717, 1.165) is 41.4 Å². The van der Waals surface area contributed by atoms with E-state index in [0.29, 0.717) is 6.04 Å². The van der Waals surface area contributed by atoms with Crippen molar-refractivity contribution in [3.05, 3.63) is 0 Å². The highest BCUT2D eigenvalue weighted by Crippen LogP contribution is 2.38. The molecule has 4 heteroatoms. The molecule has 0 saturated carbocycles. The van der Waals surface area contributed by atoms with Crippen LogP contribution >= 0.6 is 23.5 Å². The molecule has 2 fully saturated rings. The van der Waals surface area contributed by atoms with E-state index in [2.05, 4.69) is 49.6 Å². The highest BCUT2D eigenvalue weighted by molar-refractivity contribution is 8.07. The Bertz CT molecular complexity index is 259. The summed E-state index contributed by atoms with van der Waals surface area (Å²) in [7, 11) is 0. The van der Waals surface area contributed by atoms with Crippen LogP contribution in [0.15, 0.2) is 0 Å². The van der Waals surface area contributed by atoms with Crippen LogP contribution in [0.25, 0.3) is 0 Å². The lowest BCUT2D eigenvalue weighted by Gasteiger charge is -2.38. The Kier molecular flexibility index (Phi) is 6.87. The van der Waals surface area contributed by atoms with Gasteiger partial charge in [0.05, 0.1) is 0 Å². The first kappa shape index (κ1) is 16.0. The molecule has 0 aromatic rings. The van der Waals surface area contributed by atoms with Crippen molar-refractivity contribution in [2.24, 2.45) is 5.92 Å². The minimum Gasteiger partial charge on any atom is -0.381 e. The van der Waals surface area contributed by atoms with E-state index in [1.54, 1.807) is 0 Å². The second-order valence-electron chi connectivity index (χ2n) is 5.87. The third-order valence-corrected chi connectivity index (χ3v) is 7.97. The molecule has 2 nitrogen and oxygen atoms in total. The summed E-state index contributed by atoms with van der Waals surface area (Å²) in [6.45, 7) is 10.1. The van der Waals surface area contributed by atoms with Crippen LogP contribution in [0.5, 0.6) is 0 Å². The predicted octanol–water partition coefficient (Wildman–Crippen LogP) is 3.41. The van der Waals surface area contributed by atoms with E-state index in [1.807, 2.05) is 0 Å². The number of thioether (sulfide) groups is 2. The van der Waals surface area contributed by atoms with Gasteiger partial charge in [0.15, 0.2) is 0 Å². The first-order valence-corrected chi connectivity index (χ1v) is 9.78. The third-order valence-electron chi connectivity index (χ3n) is 4.42. The molecule has 1 N–H and O–H groups in total. The van der Waals surface area contributed by atoms with Gasteiger partial charge in [-0.25, -0.2) is 0 Å². The fourth-order valence-electron chi connectivity index (χ4n) is 2.99. The molecule has 0 radical (unpaired) electrons. The summed E-state index contributed by atoms with van der Waals surface area (Å²) in [4.78, 5) is 0. The monoisotopic (exact) mass is 303 g/mol. The fraction of sp³-hybridized carbons (Fsp3) is 1.00. The van der Waals surface area contributed by atoms with Crippen molar-refractivity contribution in [1.82, 2.24) is 5.32 Å². The highest BCUT2D eigenvalue weighted by Gasteiger charge is 2.32. The van der Waals surface area contributed by atoms with Crippen LogP contribution in [0.2, 0.25) is 0 Å². The first-order chi connectivity index (χ1) is 9.20. The maximum Gasteiger partial charge on any atom is 0.0468 e. The average molecular weight is 304 g/mol. The van der Waals surface area contributed by atoms with Crippen LogP contribution in [0.1, 0.15) is 40.0 Å². The molecule has 4 unspecified atom stereocenters. The first-order valence-electron chi connectivity index (χ1n) is 7.79. The lowest BCUT2D eigenvalue weighted by atomic mass is 9.91. The van der Waals surface area contributed by atoms with E-state index >= 15 is 0 Å². The van der Waals surface area contributed by atoms with Crippen molar-refractivity contribution in [2.75, 3.05) is 25.5 Å². The van der Waals surface area contributed by atoms with Gasteiger partial charge in [0, 0.05) is 40.8 Å². The van der Waals surface area contributed by atoms with Gasteiger partial charge in [0.25, 0.3) is 0 Å². The van der Waals surface area contributed by atoms with Crippen molar-refractivity contribution >= 4 is 23.5 Å². The van der Waals surface area contributed by atoms with Crippen LogP contribution in [0, 0.1) is 5.92 Å². The molecular formula is C15H29NOS2. The van der Waals surface area contributed by atoms with Gasteiger partial charge < -0.3 is 10.1 Å². The number of rotatable bonds is 5. The maximum atomic E-state index is 5.49. The molecule has 0 aromatic carbocycles. The predicted molar refractivity (Wildman–Crippen MR) is 88.4 cm³/mol. The van der Waals surface area contributed by atoms with Crippen molar-refractivity contribution in [1.29, 1.82) is 0 Å². The highest BCUT2D eigenvalue weighted by atomic mass is 32.2. The summed E-state index contributed by atoms with van der Waals surface area (Å²) in [5.41, 5.74) is 0. The summed E-state index contributed by atoms with van der Waals surface area (Å²) >= 11 is 4.38.